The van der Waals surface area contributed by atoms with Crippen molar-refractivity contribution in [3.05, 3.63) is 35.9 Å². The van der Waals surface area contributed by atoms with Crippen LogP contribution in [-0.2, 0) is 14.9 Å². The SMILES string of the molecule is COC(=O)C(C[N+](C)(C)C)(c1ccccc1)C(C)(C)C. The fourth-order valence-corrected chi connectivity index (χ4v) is 2.86. The molecule has 0 saturated carbocycles. The highest BCUT2D eigenvalue weighted by Crippen LogP contribution is 2.43. The maximum atomic E-state index is 12.7. The standard InChI is InChI=1S/C17H28NO2/c1-16(2,3)17(15(19)20-7,13-18(4,5)6)14-11-9-8-10-12-14/h8-12H,13H2,1-7H3/q+1. The lowest BCUT2D eigenvalue weighted by Gasteiger charge is -2.45. The van der Waals surface area contributed by atoms with E-state index in [9.17, 15) is 4.79 Å². The van der Waals surface area contributed by atoms with Crippen LogP contribution in [0.25, 0.3) is 0 Å². The number of carbonyl (C=O) groups excluding carboxylic acids is 1. The minimum absolute atomic E-state index is 0.163. The summed E-state index contributed by atoms with van der Waals surface area (Å²) < 4.78 is 5.89. The zero-order chi connectivity index (χ0) is 15.6. The Morgan fingerprint density at radius 1 is 1.10 bits per heavy atom. The summed E-state index contributed by atoms with van der Waals surface area (Å²) in [5.74, 6) is -0.163. The topological polar surface area (TPSA) is 26.3 Å². The number of likely N-dealkylation sites (N-methyl/N-ethyl adjacent to an activating group) is 1. The number of hydrogen-bond acceptors (Lipinski definition) is 2. The van der Waals surface area contributed by atoms with Crippen LogP contribution in [0.15, 0.2) is 30.3 Å². The van der Waals surface area contributed by atoms with Gasteiger partial charge in [0.1, 0.15) is 5.41 Å². The molecule has 20 heavy (non-hydrogen) atoms. The predicted molar refractivity (Wildman–Crippen MR) is 82.5 cm³/mol. The second-order valence-electron chi connectivity index (χ2n) is 7.46. The summed E-state index contributed by atoms with van der Waals surface area (Å²) in [5.41, 5.74) is 0.112. The molecule has 0 aliphatic carbocycles. The monoisotopic (exact) mass is 278 g/mol. The first kappa shape index (κ1) is 16.7. The third kappa shape index (κ3) is 3.21. The summed E-state index contributed by atoms with van der Waals surface area (Å²) >= 11 is 0. The first-order valence-corrected chi connectivity index (χ1v) is 6.99. The van der Waals surface area contributed by atoms with Crippen molar-refractivity contribution >= 4 is 5.97 Å². The highest BCUT2D eigenvalue weighted by molar-refractivity contribution is 5.84. The zero-order valence-corrected chi connectivity index (χ0v) is 13.9. The number of methoxy groups -OCH3 is 1. The summed E-state index contributed by atoms with van der Waals surface area (Å²) in [6, 6.07) is 9.98. The first-order chi connectivity index (χ1) is 9.04. The lowest BCUT2D eigenvalue weighted by molar-refractivity contribution is -0.874. The minimum atomic E-state index is -0.665. The smallest absolute Gasteiger partial charge is 0.322 e. The second kappa shape index (κ2) is 5.57. The van der Waals surface area contributed by atoms with Gasteiger partial charge in [0.2, 0.25) is 0 Å². The Balaban J connectivity index is 3.55. The van der Waals surface area contributed by atoms with Crippen LogP contribution < -0.4 is 0 Å². The van der Waals surface area contributed by atoms with Gasteiger partial charge in [-0.1, -0.05) is 51.1 Å². The number of rotatable bonds is 4. The summed E-state index contributed by atoms with van der Waals surface area (Å²) in [6.45, 7) is 7.00. The van der Waals surface area contributed by atoms with Gasteiger partial charge in [-0.25, -0.2) is 0 Å². The Kier molecular flexibility index (Phi) is 4.65. The Bertz CT molecular complexity index is 454. The van der Waals surface area contributed by atoms with E-state index in [-0.39, 0.29) is 11.4 Å². The normalized spacial score (nSPS) is 15.6. The highest BCUT2D eigenvalue weighted by Gasteiger charge is 2.54. The fourth-order valence-electron chi connectivity index (χ4n) is 2.86. The van der Waals surface area contributed by atoms with Crippen LogP contribution in [0.3, 0.4) is 0 Å². The lowest BCUT2D eigenvalue weighted by Crippen LogP contribution is -2.58. The van der Waals surface area contributed by atoms with Crippen molar-refractivity contribution < 1.29 is 14.0 Å². The number of benzene rings is 1. The van der Waals surface area contributed by atoms with E-state index in [1.54, 1.807) is 0 Å². The Morgan fingerprint density at radius 3 is 1.95 bits per heavy atom. The third-order valence-corrected chi connectivity index (χ3v) is 3.79. The molecule has 1 aromatic rings. The third-order valence-electron chi connectivity index (χ3n) is 3.79. The first-order valence-electron chi connectivity index (χ1n) is 6.99. The molecular formula is C17H28NO2+. The average molecular weight is 278 g/mol. The van der Waals surface area contributed by atoms with E-state index in [4.69, 9.17) is 4.74 Å². The van der Waals surface area contributed by atoms with Gasteiger partial charge in [-0.15, -0.1) is 0 Å². The number of esters is 1. The van der Waals surface area contributed by atoms with Crippen molar-refractivity contribution in [1.82, 2.24) is 0 Å². The van der Waals surface area contributed by atoms with Gasteiger partial charge in [-0.05, 0) is 11.0 Å². The molecule has 0 bridgehead atoms. The highest BCUT2D eigenvalue weighted by atomic mass is 16.5. The van der Waals surface area contributed by atoms with Crippen LogP contribution >= 0.6 is 0 Å². The van der Waals surface area contributed by atoms with Gasteiger partial charge in [0.15, 0.2) is 0 Å². The number of quaternary nitrogens is 1. The molecule has 1 rings (SSSR count). The van der Waals surface area contributed by atoms with E-state index in [1.165, 1.54) is 7.11 Å². The minimum Gasteiger partial charge on any atom is -0.468 e. The molecule has 0 N–H and O–H groups in total. The van der Waals surface area contributed by atoms with Gasteiger partial charge in [-0.3, -0.25) is 4.79 Å². The molecule has 0 aromatic heterocycles. The molecule has 1 unspecified atom stereocenters. The van der Waals surface area contributed by atoms with Crippen molar-refractivity contribution in [2.45, 2.75) is 26.2 Å². The largest absolute Gasteiger partial charge is 0.468 e. The van der Waals surface area contributed by atoms with Crippen LogP contribution in [0.2, 0.25) is 0 Å². The van der Waals surface area contributed by atoms with Gasteiger partial charge in [0, 0.05) is 0 Å². The Labute approximate surface area is 123 Å². The number of hydrogen-bond donors (Lipinski definition) is 0. The van der Waals surface area contributed by atoms with E-state index in [2.05, 4.69) is 41.9 Å². The fraction of sp³-hybridized carbons (Fsp3) is 0.588. The molecule has 1 atom stereocenters. The maximum absolute atomic E-state index is 12.7. The van der Waals surface area contributed by atoms with E-state index >= 15 is 0 Å². The summed E-state index contributed by atoms with van der Waals surface area (Å²) in [7, 11) is 7.78. The molecule has 0 saturated heterocycles. The Hall–Kier alpha value is -1.35. The van der Waals surface area contributed by atoms with Gasteiger partial charge < -0.3 is 9.22 Å². The molecular weight excluding hydrogens is 250 g/mol. The molecule has 0 amide bonds. The average Bonchev–Trinajstić information content (AvgIpc) is 2.33. The predicted octanol–water partition coefficient (Wildman–Crippen LogP) is 2.85. The van der Waals surface area contributed by atoms with Gasteiger partial charge in [0.05, 0.1) is 34.8 Å². The van der Waals surface area contributed by atoms with Crippen molar-refractivity contribution in [1.29, 1.82) is 0 Å². The summed E-state index contributed by atoms with van der Waals surface area (Å²) in [4.78, 5) is 12.7. The summed E-state index contributed by atoms with van der Waals surface area (Å²) in [5, 5.41) is 0. The molecule has 1 aromatic carbocycles. The second-order valence-corrected chi connectivity index (χ2v) is 7.46. The molecule has 0 fully saturated rings. The molecule has 3 heteroatoms. The van der Waals surface area contributed by atoms with E-state index in [0.717, 1.165) is 5.56 Å². The van der Waals surface area contributed by atoms with Crippen LogP contribution in [0.4, 0.5) is 0 Å². The van der Waals surface area contributed by atoms with E-state index in [0.29, 0.717) is 11.0 Å². The number of ether oxygens (including phenoxy) is 1. The van der Waals surface area contributed by atoms with Gasteiger partial charge in [0.25, 0.3) is 0 Å². The van der Waals surface area contributed by atoms with E-state index < -0.39 is 5.41 Å². The molecule has 0 aliphatic heterocycles. The van der Waals surface area contributed by atoms with Crippen LogP contribution in [0, 0.1) is 5.41 Å². The van der Waals surface area contributed by atoms with Crippen molar-refractivity contribution in [3.8, 4) is 0 Å². The van der Waals surface area contributed by atoms with Gasteiger partial charge >= 0.3 is 5.97 Å². The lowest BCUT2D eigenvalue weighted by atomic mass is 9.62. The molecule has 0 aliphatic rings. The molecule has 0 radical (unpaired) electrons. The summed E-state index contributed by atoms with van der Waals surface area (Å²) in [6.07, 6.45) is 0. The van der Waals surface area contributed by atoms with Crippen LogP contribution in [0.1, 0.15) is 26.3 Å². The zero-order valence-electron chi connectivity index (χ0n) is 13.9. The van der Waals surface area contributed by atoms with E-state index in [1.807, 2.05) is 30.3 Å². The van der Waals surface area contributed by atoms with Crippen LogP contribution in [0.5, 0.6) is 0 Å². The van der Waals surface area contributed by atoms with Crippen molar-refractivity contribution in [3.63, 3.8) is 0 Å². The molecule has 0 spiro atoms. The van der Waals surface area contributed by atoms with Crippen LogP contribution in [-0.4, -0.2) is 45.2 Å². The molecule has 112 valence electrons. The number of nitrogens with zero attached hydrogens (tertiary/aromatic N) is 1. The quantitative estimate of drug-likeness (QED) is 0.625. The molecule has 3 nitrogen and oxygen atoms in total. The van der Waals surface area contributed by atoms with Gasteiger partial charge in [-0.2, -0.15) is 0 Å². The maximum Gasteiger partial charge on any atom is 0.322 e. The Morgan fingerprint density at radius 2 is 1.60 bits per heavy atom. The molecule has 0 heterocycles. The van der Waals surface area contributed by atoms with Crippen molar-refractivity contribution in [2.24, 2.45) is 5.41 Å². The number of carbonyl (C=O) groups is 1. The van der Waals surface area contributed by atoms with Crippen molar-refractivity contribution in [2.75, 3.05) is 34.8 Å².